The fourth-order valence-electron chi connectivity index (χ4n) is 2.93. The van der Waals surface area contributed by atoms with Crippen LogP contribution in [-0.4, -0.2) is 11.1 Å². The number of benzene rings is 1. The maximum atomic E-state index is 9.82. The molecule has 0 radical (unpaired) electrons. The Bertz CT molecular complexity index is 358. The Labute approximate surface area is 104 Å². The fourth-order valence-corrected chi connectivity index (χ4v) is 2.93. The van der Waals surface area contributed by atoms with Crippen LogP contribution in [0.3, 0.4) is 0 Å². The summed E-state index contributed by atoms with van der Waals surface area (Å²) >= 11 is 0. The number of phenolic OH excluding ortho intramolecular Hbond substituents is 1. The molecule has 0 amide bonds. The van der Waals surface area contributed by atoms with Gasteiger partial charge in [0.15, 0.2) is 0 Å². The van der Waals surface area contributed by atoms with Gasteiger partial charge in [0.2, 0.25) is 0 Å². The van der Waals surface area contributed by atoms with Crippen molar-refractivity contribution in [1.82, 2.24) is 5.32 Å². The monoisotopic (exact) mass is 233 g/mol. The first-order valence-corrected chi connectivity index (χ1v) is 6.72. The van der Waals surface area contributed by atoms with Crippen LogP contribution in [0.15, 0.2) is 24.3 Å². The van der Waals surface area contributed by atoms with Gasteiger partial charge in [-0.15, -0.1) is 0 Å². The zero-order valence-corrected chi connectivity index (χ0v) is 10.8. The minimum atomic E-state index is 0.215. The van der Waals surface area contributed by atoms with Crippen molar-refractivity contribution in [1.29, 1.82) is 0 Å². The summed E-state index contributed by atoms with van der Waals surface area (Å²) in [6, 6.07) is 8.35. The van der Waals surface area contributed by atoms with Crippen molar-refractivity contribution in [2.75, 3.05) is 0 Å². The Morgan fingerprint density at radius 1 is 1.18 bits per heavy atom. The van der Waals surface area contributed by atoms with Crippen LogP contribution < -0.4 is 5.32 Å². The first kappa shape index (κ1) is 12.4. The molecule has 1 aliphatic rings. The highest BCUT2D eigenvalue weighted by Gasteiger charge is 2.23. The van der Waals surface area contributed by atoms with E-state index in [1.54, 1.807) is 6.07 Å². The van der Waals surface area contributed by atoms with E-state index in [0.29, 0.717) is 11.8 Å². The van der Waals surface area contributed by atoms with Crippen molar-refractivity contribution in [3.05, 3.63) is 29.8 Å². The summed E-state index contributed by atoms with van der Waals surface area (Å²) in [5, 5.41) is 13.4. The van der Waals surface area contributed by atoms with Crippen LogP contribution in [0.1, 0.15) is 51.1 Å². The highest BCUT2D eigenvalue weighted by Crippen LogP contribution is 2.30. The molecule has 1 aromatic carbocycles. The molecule has 0 aliphatic heterocycles. The van der Waals surface area contributed by atoms with Crippen LogP contribution in [-0.2, 0) is 0 Å². The predicted octanol–water partition coefficient (Wildman–Crippen LogP) is 3.62. The number of para-hydroxylation sites is 1. The lowest BCUT2D eigenvalue weighted by molar-refractivity contribution is 0.347. The molecule has 1 aliphatic carbocycles. The first-order chi connectivity index (χ1) is 8.18. The maximum Gasteiger partial charge on any atom is 0.120 e. The van der Waals surface area contributed by atoms with Gasteiger partial charge >= 0.3 is 0 Å². The van der Waals surface area contributed by atoms with Gasteiger partial charge in [-0.1, -0.05) is 31.0 Å². The normalized spacial score (nSPS) is 20.4. The summed E-state index contributed by atoms with van der Waals surface area (Å²) < 4.78 is 0. The third kappa shape index (κ3) is 3.01. The van der Waals surface area contributed by atoms with Crippen molar-refractivity contribution < 1.29 is 5.11 Å². The van der Waals surface area contributed by atoms with Crippen LogP contribution in [0, 0.1) is 5.92 Å². The maximum absolute atomic E-state index is 9.82. The zero-order chi connectivity index (χ0) is 12.3. The molecule has 94 valence electrons. The minimum absolute atomic E-state index is 0.215. The molecule has 1 unspecified atom stereocenters. The molecular weight excluding hydrogens is 210 g/mol. The highest BCUT2D eigenvalue weighted by atomic mass is 16.3. The molecule has 2 nitrogen and oxygen atoms in total. The SMILES string of the molecule is CC(N[C@@H](C)C1CCCC1)c1ccccc1O. The fraction of sp³-hybridized carbons (Fsp3) is 0.600. The van der Waals surface area contributed by atoms with Crippen molar-refractivity contribution in [3.63, 3.8) is 0 Å². The Morgan fingerprint density at radius 3 is 2.47 bits per heavy atom. The molecule has 2 N–H and O–H groups in total. The summed E-state index contributed by atoms with van der Waals surface area (Å²) in [5.41, 5.74) is 0.998. The second kappa shape index (κ2) is 5.54. The van der Waals surface area contributed by atoms with Gasteiger partial charge in [0.25, 0.3) is 0 Å². The van der Waals surface area contributed by atoms with Gasteiger partial charge in [0.1, 0.15) is 5.75 Å². The molecule has 2 rings (SSSR count). The van der Waals surface area contributed by atoms with Gasteiger partial charge in [-0.05, 0) is 38.7 Å². The molecule has 0 heterocycles. The molecule has 17 heavy (non-hydrogen) atoms. The number of rotatable bonds is 4. The van der Waals surface area contributed by atoms with E-state index in [1.165, 1.54) is 25.7 Å². The molecule has 2 heteroatoms. The third-order valence-corrected chi connectivity index (χ3v) is 4.02. The number of aromatic hydroxyl groups is 1. The second-order valence-corrected chi connectivity index (χ2v) is 5.28. The molecule has 0 spiro atoms. The summed E-state index contributed by atoms with van der Waals surface area (Å²) in [4.78, 5) is 0. The summed E-state index contributed by atoms with van der Waals surface area (Å²) in [5.74, 6) is 1.20. The molecule has 0 aromatic heterocycles. The van der Waals surface area contributed by atoms with E-state index >= 15 is 0 Å². The molecule has 1 aromatic rings. The van der Waals surface area contributed by atoms with Gasteiger partial charge in [0.05, 0.1) is 0 Å². The second-order valence-electron chi connectivity index (χ2n) is 5.28. The number of hydrogen-bond acceptors (Lipinski definition) is 2. The minimum Gasteiger partial charge on any atom is -0.508 e. The molecule has 2 atom stereocenters. The lowest BCUT2D eigenvalue weighted by Crippen LogP contribution is -2.34. The van der Waals surface area contributed by atoms with Gasteiger partial charge < -0.3 is 10.4 Å². The predicted molar refractivity (Wildman–Crippen MR) is 71.1 cm³/mol. The molecule has 0 saturated heterocycles. The van der Waals surface area contributed by atoms with Crippen molar-refractivity contribution >= 4 is 0 Å². The summed E-state index contributed by atoms with van der Waals surface area (Å²) in [6.45, 7) is 4.40. The Balaban J connectivity index is 1.96. The lowest BCUT2D eigenvalue weighted by atomic mass is 9.97. The zero-order valence-electron chi connectivity index (χ0n) is 10.8. The molecule has 0 bridgehead atoms. The average molecular weight is 233 g/mol. The largest absolute Gasteiger partial charge is 0.508 e. The van der Waals surface area contributed by atoms with Crippen LogP contribution in [0.4, 0.5) is 0 Å². The lowest BCUT2D eigenvalue weighted by Gasteiger charge is -2.25. The standard InChI is InChI=1S/C15H23NO/c1-11(13-7-3-4-8-13)16-12(2)14-9-5-6-10-15(14)17/h5-6,9-13,16-17H,3-4,7-8H2,1-2H3/t11-,12?/m0/s1. The van der Waals surface area contributed by atoms with Crippen LogP contribution >= 0.6 is 0 Å². The van der Waals surface area contributed by atoms with E-state index < -0.39 is 0 Å². The topological polar surface area (TPSA) is 32.3 Å². The first-order valence-electron chi connectivity index (χ1n) is 6.72. The van der Waals surface area contributed by atoms with Crippen molar-refractivity contribution in [2.24, 2.45) is 5.92 Å². The van der Waals surface area contributed by atoms with Gasteiger partial charge in [-0.25, -0.2) is 0 Å². The van der Waals surface area contributed by atoms with Gasteiger partial charge in [0, 0.05) is 17.6 Å². The Morgan fingerprint density at radius 2 is 1.82 bits per heavy atom. The molecular formula is C15H23NO. The van der Waals surface area contributed by atoms with E-state index in [9.17, 15) is 5.11 Å². The van der Waals surface area contributed by atoms with Crippen molar-refractivity contribution in [3.8, 4) is 5.75 Å². The number of phenols is 1. The van der Waals surface area contributed by atoms with E-state index in [0.717, 1.165) is 11.5 Å². The van der Waals surface area contributed by atoms with Crippen LogP contribution in [0.25, 0.3) is 0 Å². The average Bonchev–Trinajstić information content (AvgIpc) is 2.82. The van der Waals surface area contributed by atoms with Gasteiger partial charge in [-0.2, -0.15) is 0 Å². The van der Waals surface area contributed by atoms with Crippen LogP contribution in [0.5, 0.6) is 5.75 Å². The van der Waals surface area contributed by atoms with E-state index in [-0.39, 0.29) is 6.04 Å². The quantitative estimate of drug-likeness (QED) is 0.832. The molecule has 1 fully saturated rings. The number of hydrogen-bond donors (Lipinski definition) is 2. The highest BCUT2D eigenvalue weighted by molar-refractivity contribution is 5.34. The number of nitrogens with one attached hydrogen (secondary N) is 1. The van der Waals surface area contributed by atoms with Crippen LogP contribution in [0.2, 0.25) is 0 Å². The van der Waals surface area contributed by atoms with E-state index in [1.807, 2.05) is 18.2 Å². The smallest absolute Gasteiger partial charge is 0.120 e. The Kier molecular flexibility index (Phi) is 4.06. The summed E-state index contributed by atoms with van der Waals surface area (Å²) in [7, 11) is 0. The van der Waals surface area contributed by atoms with E-state index in [2.05, 4.69) is 19.2 Å². The Hall–Kier alpha value is -1.02. The van der Waals surface area contributed by atoms with Crippen molar-refractivity contribution in [2.45, 2.75) is 51.6 Å². The third-order valence-electron chi connectivity index (χ3n) is 4.02. The summed E-state index contributed by atoms with van der Waals surface area (Å²) in [6.07, 6.45) is 5.45. The van der Waals surface area contributed by atoms with E-state index in [4.69, 9.17) is 0 Å². The molecule has 1 saturated carbocycles. The van der Waals surface area contributed by atoms with Gasteiger partial charge in [-0.3, -0.25) is 0 Å².